The summed E-state index contributed by atoms with van der Waals surface area (Å²) in [6.07, 6.45) is 1.28. The molecule has 0 radical (unpaired) electrons. The summed E-state index contributed by atoms with van der Waals surface area (Å²) in [5.74, 6) is -0.930. The molecule has 0 aromatic heterocycles. The van der Waals surface area contributed by atoms with E-state index in [4.69, 9.17) is 5.11 Å². The van der Waals surface area contributed by atoms with Crippen LogP contribution in [0.15, 0.2) is 0 Å². The van der Waals surface area contributed by atoms with Crippen molar-refractivity contribution in [1.29, 1.82) is 0 Å². The molecule has 11 heavy (non-hydrogen) atoms. The van der Waals surface area contributed by atoms with Gasteiger partial charge in [-0.15, -0.1) is 0 Å². The highest BCUT2D eigenvalue weighted by atomic mass is 31.2. The van der Waals surface area contributed by atoms with Crippen LogP contribution in [0, 0.1) is 0 Å². The van der Waals surface area contributed by atoms with E-state index in [1.54, 1.807) is 0 Å². The minimum atomic E-state index is -2.45. The van der Waals surface area contributed by atoms with Gasteiger partial charge in [-0.1, -0.05) is 13.3 Å². The first-order valence-electron chi connectivity index (χ1n) is 3.67. The lowest BCUT2D eigenvalue weighted by Crippen LogP contribution is -2.19. The summed E-state index contributed by atoms with van der Waals surface area (Å²) in [5, 5.41) is 8.67. The molecule has 0 spiro atoms. The molecule has 1 unspecified atom stereocenters. The fraction of sp³-hybridized carbons (Fsp3) is 0.857. The number of rotatable bonds is 4. The molecular formula is C7H15O3P. The van der Waals surface area contributed by atoms with Crippen LogP contribution in [-0.4, -0.2) is 30.1 Å². The number of hydrogen-bond acceptors (Lipinski definition) is 2. The normalized spacial score (nSPS) is 14.5. The van der Waals surface area contributed by atoms with Crippen LogP contribution in [0.25, 0.3) is 0 Å². The van der Waals surface area contributed by atoms with Crippen molar-refractivity contribution in [2.75, 3.05) is 13.3 Å². The molecule has 0 aromatic carbocycles. The van der Waals surface area contributed by atoms with E-state index in [1.165, 1.54) is 13.3 Å². The molecule has 0 fully saturated rings. The van der Waals surface area contributed by atoms with Crippen molar-refractivity contribution in [1.82, 2.24) is 0 Å². The molecule has 0 aromatic rings. The van der Waals surface area contributed by atoms with Crippen LogP contribution >= 0.6 is 7.14 Å². The topological polar surface area (TPSA) is 54.4 Å². The van der Waals surface area contributed by atoms with Gasteiger partial charge in [0.2, 0.25) is 0 Å². The van der Waals surface area contributed by atoms with Gasteiger partial charge in [0.05, 0.1) is 7.14 Å². The first-order chi connectivity index (χ1) is 4.89. The van der Waals surface area contributed by atoms with Crippen molar-refractivity contribution >= 4 is 13.1 Å². The van der Waals surface area contributed by atoms with Crippen molar-refractivity contribution < 1.29 is 14.5 Å². The van der Waals surface area contributed by atoms with Crippen molar-refractivity contribution in [2.45, 2.75) is 25.4 Å². The van der Waals surface area contributed by atoms with Crippen molar-refractivity contribution in [3.8, 4) is 0 Å². The summed E-state index contributed by atoms with van der Waals surface area (Å²) < 4.78 is 11.4. The third-order valence-electron chi connectivity index (χ3n) is 1.60. The molecule has 0 heterocycles. The maximum atomic E-state index is 11.4. The van der Waals surface area contributed by atoms with Gasteiger partial charge in [0.1, 0.15) is 5.66 Å². The van der Waals surface area contributed by atoms with Crippen LogP contribution in [0.3, 0.4) is 0 Å². The molecule has 0 aliphatic heterocycles. The molecule has 3 nitrogen and oxygen atoms in total. The molecule has 1 atom stereocenters. The van der Waals surface area contributed by atoms with Crippen LogP contribution in [-0.2, 0) is 9.36 Å². The quantitative estimate of drug-likeness (QED) is 0.668. The first-order valence-corrected chi connectivity index (χ1v) is 6.34. The zero-order valence-electron chi connectivity index (χ0n) is 7.20. The van der Waals surface area contributed by atoms with Gasteiger partial charge in [0, 0.05) is 0 Å². The number of hydrogen-bond donors (Lipinski definition) is 1. The lowest BCUT2D eigenvalue weighted by molar-refractivity contribution is -0.136. The molecule has 0 amide bonds. The van der Waals surface area contributed by atoms with Crippen LogP contribution in [0.2, 0.25) is 0 Å². The Labute approximate surface area is 67.2 Å². The van der Waals surface area contributed by atoms with E-state index in [1.807, 2.05) is 6.92 Å². The fourth-order valence-electron chi connectivity index (χ4n) is 0.974. The van der Waals surface area contributed by atoms with E-state index < -0.39 is 18.8 Å². The minimum Gasteiger partial charge on any atom is -0.481 e. The molecule has 0 rings (SSSR count). The average molecular weight is 178 g/mol. The van der Waals surface area contributed by atoms with Crippen molar-refractivity contribution in [3.05, 3.63) is 0 Å². The highest BCUT2D eigenvalue weighted by molar-refractivity contribution is 7.64. The standard InChI is InChI=1S/C7H15O3P/c1-4-5-6(7(8)9)11(2,3)10/h6H,4-5H2,1-3H3,(H,8,9). The number of carboxylic acid groups (broad SMARTS) is 1. The van der Waals surface area contributed by atoms with Gasteiger partial charge in [0.15, 0.2) is 0 Å². The first kappa shape index (κ1) is 10.7. The largest absolute Gasteiger partial charge is 0.481 e. The molecule has 0 aliphatic carbocycles. The Kier molecular flexibility index (Phi) is 3.81. The summed E-state index contributed by atoms with van der Waals surface area (Å²) in [7, 11) is -2.45. The van der Waals surface area contributed by atoms with E-state index in [0.717, 1.165) is 6.42 Å². The third-order valence-corrected chi connectivity index (χ3v) is 3.58. The van der Waals surface area contributed by atoms with Crippen molar-refractivity contribution in [2.24, 2.45) is 0 Å². The average Bonchev–Trinajstić information content (AvgIpc) is 1.79. The third kappa shape index (κ3) is 3.57. The second-order valence-electron chi connectivity index (χ2n) is 3.08. The van der Waals surface area contributed by atoms with Gasteiger partial charge in [-0.25, -0.2) is 0 Å². The molecule has 0 bridgehead atoms. The van der Waals surface area contributed by atoms with Gasteiger partial charge < -0.3 is 9.67 Å². The second-order valence-corrected chi connectivity index (χ2v) is 6.57. The lowest BCUT2D eigenvalue weighted by atomic mass is 10.2. The number of aliphatic carboxylic acids is 1. The second kappa shape index (κ2) is 3.91. The van der Waals surface area contributed by atoms with Crippen LogP contribution in [0.4, 0.5) is 0 Å². The van der Waals surface area contributed by atoms with E-state index in [0.29, 0.717) is 6.42 Å². The molecule has 0 saturated heterocycles. The maximum Gasteiger partial charge on any atom is 0.313 e. The van der Waals surface area contributed by atoms with E-state index in [2.05, 4.69) is 0 Å². The molecule has 0 aliphatic rings. The van der Waals surface area contributed by atoms with Gasteiger partial charge >= 0.3 is 5.97 Å². The Bertz CT molecular complexity index is 182. The Morgan fingerprint density at radius 1 is 1.55 bits per heavy atom. The smallest absolute Gasteiger partial charge is 0.313 e. The van der Waals surface area contributed by atoms with Gasteiger partial charge in [-0.3, -0.25) is 4.79 Å². The Morgan fingerprint density at radius 2 is 2.00 bits per heavy atom. The van der Waals surface area contributed by atoms with E-state index in [9.17, 15) is 9.36 Å². The molecular weight excluding hydrogens is 163 g/mol. The minimum absolute atomic E-state index is 0.514. The summed E-state index contributed by atoms with van der Waals surface area (Å²) in [4.78, 5) is 10.6. The summed E-state index contributed by atoms with van der Waals surface area (Å²) in [6.45, 7) is 4.95. The highest BCUT2D eigenvalue weighted by Gasteiger charge is 2.28. The number of carboxylic acids is 1. The van der Waals surface area contributed by atoms with Crippen molar-refractivity contribution in [3.63, 3.8) is 0 Å². The molecule has 4 heteroatoms. The van der Waals surface area contributed by atoms with E-state index in [-0.39, 0.29) is 0 Å². The summed E-state index contributed by atoms with van der Waals surface area (Å²) in [6, 6.07) is 0. The molecule has 1 N–H and O–H groups in total. The van der Waals surface area contributed by atoms with Gasteiger partial charge in [-0.2, -0.15) is 0 Å². The Morgan fingerprint density at radius 3 is 2.09 bits per heavy atom. The summed E-state index contributed by atoms with van der Waals surface area (Å²) >= 11 is 0. The van der Waals surface area contributed by atoms with Crippen LogP contribution < -0.4 is 0 Å². The van der Waals surface area contributed by atoms with Crippen LogP contribution in [0.5, 0.6) is 0 Å². The Hall–Kier alpha value is -0.300. The predicted molar refractivity (Wildman–Crippen MR) is 45.8 cm³/mol. The van der Waals surface area contributed by atoms with E-state index >= 15 is 0 Å². The van der Waals surface area contributed by atoms with Crippen LogP contribution in [0.1, 0.15) is 19.8 Å². The van der Waals surface area contributed by atoms with Gasteiger partial charge in [-0.05, 0) is 19.8 Å². The Balaban J connectivity index is 4.35. The fourth-order valence-corrected chi connectivity index (χ4v) is 2.39. The molecule has 0 saturated carbocycles. The zero-order chi connectivity index (χ0) is 9.07. The molecule has 66 valence electrons. The number of carbonyl (C=O) groups is 1. The summed E-state index contributed by atoms with van der Waals surface area (Å²) in [5.41, 5.74) is -0.646. The lowest BCUT2D eigenvalue weighted by Gasteiger charge is -2.15. The maximum absolute atomic E-state index is 11.4. The predicted octanol–water partition coefficient (Wildman–Crippen LogP) is 1.86. The monoisotopic (exact) mass is 178 g/mol. The highest BCUT2D eigenvalue weighted by Crippen LogP contribution is 2.44. The van der Waals surface area contributed by atoms with Gasteiger partial charge in [0.25, 0.3) is 0 Å². The zero-order valence-corrected chi connectivity index (χ0v) is 8.10. The SMILES string of the molecule is CCCC(C(=O)O)P(C)(C)=O.